The van der Waals surface area contributed by atoms with E-state index in [1.54, 1.807) is 34.9 Å². The van der Waals surface area contributed by atoms with Crippen LogP contribution in [0.25, 0.3) is 0 Å². The van der Waals surface area contributed by atoms with Crippen molar-refractivity contribution < 1.29 is 18.5 Å². The average Bonchev–Trinajstić information content (AvgIpc) is 3.11. The van der Waals surface area contributed by atoms with Gasteiger partial charge in [-0.2, -0.15) is 0 Å². The molecule has 2 aliphatic rings. The van der Waals surface area contributed by atoms with Gasteiger partial charge in [0.2, 0.25) is 5.91 Å². The van der Waals surface area contributed by atoms with Crippen LogP contribution in [0.4, 0.5) is 10.1 Å². The van der Waals surface area contributed by atoms with Crippen molar-refractivity contribution in [2.24, 2.45) is 5.41 Å². The Balaban J connectivity index is 1.56. The lowest BCUT2D eigenvalue weighted by Crippen LogP contribution is -2.57. The zero-order valence-electron chi connectivity index (χ0n) is 15.3. The van der Waals surface area contributed by atoms with Gasteiger partial charge in [0.25, 0.3) is 5.91 Å². The van der Waals surface area contributed by atoms with Gasteiger partial charge in [-0.3, -0.25) is 9.59 Å². The second kappa shape index (κ2) is 6.79. The zero-order chi connectivity index (χ0) is 19.0. The molecule has 0 N–H and O–H groups in total. The van der Waals surface area contributed by atoms with Crippen LogP contribution >= 0.6 is 0 Å². The molecule has 1 aromatic heterocycles. The number of carbonyl (C=O) groups is 2. The molecule has 6 nitrogen and oxygen atoms in total. The third-order valence-electron chi connectivity index (χ3n) is 5.59. The Morgan fingerprint density at radius 1 is 1.19 bits per heavy atom. The summed E-state index contributed by atoms with van der Waals surface area (Å²) in [6, 6.07) is 7.63. The Labute approximate surface area is 156 Å². The number of rotatable bonds is 2. The number of carbonyl (C=O) groups excluding carboxylic acids is 2. The summed E-state index contributed by atoms with van der Waals surface area (Å²) in [5, 5.41) is 3.82. The fourth-order valence-corrected chi connectivity index (χ4v) is 4.25. The van der Waals surface area contributed by atoms with Crippen molar-refractivity contribution in [3.8, 4) is 0 Å². The highest BCUT2D eigenvalue weighted by Gasteiger charge is 2.47. The first-order chi connectivity index (χ1) is 13.0. The Hall–Kier alpha value is -2.70. The lowest BCUT2D eigenvalue weighted by atomic mass is 9.72. The van der Waals surface area contributed by atoms with E-state index >= 15 is 0 Å². The van der Waals surface area contributed by atoms with E-state index in [1.807, 2.05) is 0 Å². The van der Waals surface area contributed by atoms with Gasteiger partial charge >= 0.3 is 0 Å². The Morgan fingerprint density at radius 3 is 2.56 bits per heavy atom. The number of aromatic nitrogens is 1. The predicted molar refractivity (Wildman–Crippen MR) is 96.8 cm³/mol. The van der Waals surface area contributed by atoms with Crippen molar-refractivity contribution in [3.05, 3.63) is 47.6 Å². The molecule has 2 aromatic rings. The molecular formula is C20H22FN3O3. The van der Waals surface area contributed by atoms with Crippen LogP contribution in [-0.4, -0.2) is 41.5 Å². The molecule has 1 aromatic carbocycles. The quantitative estimate of drug-likeness (QED) is 0.813. The second-order valence-electron chi connectivity index (χ2n) is 7.47. The summed E-state index contributed by atoms with van der Waals surface area (Å²) < 4.78 is 18.3. The van der Waals surface area contributed by atoms with Crippen LogP contribution in [0.2, 0.25) is 0 Å². The molecule has 2 aliphatic heterocycles. The number of likely N-dealkylation sites (tertiary alicyclic amines) is 1. The first kappa shape index (κ1) is 17.7. The first-order valence-corrected chi connectivity index (χ1v) is 9.29. The highest BCUT2D eigenvalue weighted by Crippen LogP contribution is 2.41. The van der Waals surface area contributed by atoms with Gasteiger partial charge in [-0.1, -0.05) is 5.16 Å². The van der Waals surface area contributed by atoms with Gasteiger partial charge in [0.1, 0.15) is 11.6 Å². The van der Waals surface area contributed by atoms with Gasteiger partial charge in [0.15, 0.2) is 5.69 Å². The molecule has 3 heterocycles. The molecule has 2 saturated heterocycles. The number of hydrogen-bond donors (Lipinski definition) is 0. The van der Waals surface area contributed by atoms with E-state index in [4.69, 9.17) is 4.52 Å². The molecule has 7 heteroatoms. The average molecular weight is 371 g/mol. The summed E-state index contributed by atoms with van der Waals surface area (Å²) in [6.07, 6.45) is 3.14. The molecule has 0 aliphatic carbocycles. The largest absolute Gasteiger partial charge is 0.361 e. The SMILES string of the molecule is Cc1cc(C(=O)N2CCCC3(CCCN(c4ccc(F)cc4)C3=O)C2)no1. The highest BCUT2D eigenvalue weighted by atomic mass is 19.1. The zero-order valence-corrected chi connectivity index (χ0v) is 15.3. The number of hydrogen-bond acceptors (Lipinski definition) is 4. The van der Waals surface area contributed by atoms with E-state index in [2.05, 4.69) is 5.16 Å². The lowest BCUT2D eigenvalue weighted by molar-refractivity contribution is -0.133. The molecule has 0 radical (unpaired) electrons. The monoisotopic (exact) mass is 371 g/mol. The molecule has 0 bridgehead atoms. The Morgan fingerprint density at radius 2 is 1.89 bits per heavy atom. The van der Waals surface area contributed by atoms with Gasteiger partial charge in [-0.15, -0.1) is 0 Å². The fraction of sp³-hybridized carbons (Fsp3) is 0.450. The number of piperidine rings is 2. The van der Waals surface area contributed by atoms with Crippen LogP contribution in [0.1, 0.15) is 41.9 Å². The predicted octanol–water partition coefficient (Wildman–Crippen LogP) is 3.17. The van der Waals surface area contributed by atoms with Gasteiger partial charge in [-0.05, 0) is 56.9 Å². The Bertz CT molecular complexity index is 860. The number of benzene rings is 1. The maximum absolute atomic E-state index is 13.4. The summed E-state index contributed by atoms with van der Waals surface area (Å²) >= 11 is 0. The normalized spacial score (nSPS) is 23.1. The number of aryl methyl sites for hydroxylation is 1. The van der Waals surface area contributed by atoms with E-state index in [-0.39, 0.29) is 23.3 Å². The van der Waals surface area contributed by atoms with Crippen molar-refractivity contribution in [1.82, 2.24) is 10.1 Å². The Kier molecular flexibility index (Phi) is 4.45. The van der Waals surface area contributed by atoms with E-state index in [1.165, 1.54) is 12.1 Å². The van der Waals surface area contributed by atoms with Crippen LogP contribution in [-0.2, 0) is 4.79 Å². The van der Waals surface area contributed by atoms with E-state index < -0.39 is 5.41 Å². The third-order valence-corrected chi connectivity index (χ3v) is 5.59. The van der Waals surface area contributed by atoms with Crippen LogP contribution < -0.4 is 4.90 Å². The molecule has 1 atom stereocenters. The first-order valence-electron chi connectivity index (χ1n) is 9.29. The summed E-state index contributed by atoms with van der Waals surface area (Å²) in [5.41, 5.74) is 0.401. The molecule has 27 heavy (non-hydrogen) atoms. The van der Waals surface area contributed by atoms with Crippen molar-refractivity contribution in [1.29, 1.82) is 0 Å². The third kappa shape index (κ3) is 3.22. The fourth-order valence-electron chi connectivity index (χ4n) is 4.25. The van der Waals surface area contributed by atoms with Gasteiger partial charge in [0.05, 0.1) is 5.41 Å². The van der Waals surface area contributed by atoms with E-state index in [0.717, 1.165) is 25.7 Å². The van der Waals surface area contributed by atoms with Gasteiger partial charge < -0.3 is 14.3 Å². The molecule has 0 saturated carbocycles. The van der Waals surface area contributed by atoms with Crippen LogP contribution in [0.5, 0.6) is 0 Å². The molecule has 1 unspecified atom stereocenters. The molecule has 1 spiro atoms. The molecule has 4 rings (SSSR count). The second-order valence-corrected chi connectivity index (χ2v) is 7.47. The van der Waals surface area contributed by atoms with Crippen molar-refractivity contribution in [2.75, 3.05) is 24.5 Å². The number of halogens is 1. The minimum absolute atomic E-state index is 0.0224. The topological polar surface area (TPSA) is 66.7 Å². The van der Waals surface area contributed by atoms with Gasteiger partial charge in [-0.25, -0.2) is 4.39 Å². The summed E-state index contributed by atoms with van der Waals surface area (Å²) in [4.78, 5) is 29.6. The standard InChI is InChI=1S/C20H22FN3O3/c1-14-12-17(22-27-14)18(25)23-10-2-8-20(13-23)9-3-11-24(19(20)26)16-6-4-15(21)5-7-16/h4-7,12H,2-3,8-11,13H2,1H3. The van der Waals surface area contributed by atoms with Crippen molar-refractivity contribution >= 4 is 17.5 Å². The number of nitrogens with zero attached hydrogens (tertiary/aromatic N) is 3. The van der Waals surface area contributed by atoms with Crippen molar-refractivity contribution in [2.45, 2.75) is 32.6 Å². The lowest BCUT2D eigenvalue weighted by Gasteiger charge is -2.47. The summed E-state index contributed by atoms with van der Waals surface area (Å²) in [5.74, 6) is 0.0865. The minimum Gasteiger partial charge on any atom is -0.361 e. The van der Waals surface area contributed by atoms with Crippen molar-refractivity contribution in [3.63, 3.8) is 0 Å². The van der Waals surface area contributed by atoms with Gasteiger partial charge in [0, 0.05) is 31.4 Å². The molecule has 2 fully saturated rings. The summed E-state index contributed by atoms with van der Waals surface area (Å²) in [7, 11) is 0. The molecule has 2 amide bonds. The summed E-state index contributed by atoms with van der Waals surface area (Å²) in [6.45, 7) is 3.35. The van der Waals surface area contributed by atoms with Crippen LogP contribution in [0, 0.1) is 18.2 Å². The smallest absolute Gasteiger partial charge is 0.276 e. The number of amides is 2. The van der Waals surface area contributed by atoms with Crippen LogP contribution in [0.3, 0.4) is 0 Å². The minimum atomic E-state index is -0.584. The van der Waals surface area contributed by atoms with Crippen LogP contribution in [0.15, 0.2) is 34.9 Å². The maximum atomic E-state index is 13.4. The maximum Gasteiger partial charge on any atom is 0.276 e. The van der Waals surface area contributed by atoms with E-state index in [0.29, 0.717) is 31.1 Å². The van der Waals surface area contributed by atoms with E-state index in [9.17, 15) is 14.0 Å². The molecular weight excluding hydrogens is 349 g/mol. The number of anilines is 1. The highest BCUT2D eigenvalue weighted by molar-refractivity contribution is 5.99. The molecule has 142 valence electrons.